The highest BCUT2D eigenvalue weighted by molar-refractivity contribution is 5.01. The van der Waals surface area contributed by atoms with Crippen LogP contribution in [0.4, 0.5) is 0 Å². The number of hydrogen-bond acceptors (Lipinski definition) is 2. The molecule has 2 heteroatoms. The third-order valence-electron chi connectivity index (χ3n) is 9.92. The van der Waals surface area contributed by atoms with Gasteiger partial charge < -0.3 is 10.2 Å². The molecule has 2 rings (SSSR count). The van der Waals surface area contributed by atoms with Gasteiger partial charge in [-0.25, -0.2) is 0 Å². The van der Waals surface area contributed by atoms with Gasteiger partial charge in [-0.2, -0.15) is 0 Å². The molecule has 8 unspecified atom stereocenters. The van der Waals surface area contributed by atoms with E-state index < -0.39 is 0 Å². The lowest BCUT2D eigenvalue weighted by Gasteiger charge is -2.54. The smallest absolute Gasteiger partial charge is 0.0604 e. The molecule has 0 spiro atoms. The Kier molecular flexibility index (Phi) is 8.08. The van der Waals surface area contributed by atoms with E-state index in [1.165, 1.54) is 0 Å². The molecule has 2 N–H and O–H groups in total. The maximum Gasteiger partial charge on any atom is 0.0604 e. The second kappa shape index (κ2) is 9.18. The van der Waals surface area contributed by atoms with E-state index in [9.17, 15) is 10.2 Å². The van der Waals surface area contributed by atoms with Crippen molar-refractivity contribution in [2.24, 2.45) is 63.1 Å². The minimum absolute atomic E-state index is 0.0916. The van der Waals surface area contributed by atoms with Crippen LogP contribution in [0.5, 0.6) is 0 Å². The SMILES string of the molecule is CC(C1CC(C(C)(C)C)CC(C(C)(C)C)C1O)C1CC(C(C)(C)C)CC(C(C)(C)C)C1O. The number of aliphatic hydroxyl groups excluding tert-OH is 2. The summed E-state index contributed by atoms with van der Waals surface area (Å²) in [6.45, 7) is 30.4. The van der Waals surface area contributed by atoms with Gasteiger partial charge in [0.25, 0.3) is 0 Å². The van der Waals surface area contributed by atoms with Crippen LogP contribution < -0.4 is 0 Å². The third kappa shape index (κ3) is 6.12. The van der Waals surface area contributed by atoms with Gasteiger partial charge in [-0.05, 0) is 88.8 Å². The summed E-state index contributed by atoms with van der Waals surface area (Å²) in [5, 5.41) is 23.4. The Balaban J connectivity index is 2.42. The van der Waals surface area contributed by atoms with Crippen molar-refractivity contribution < 1.29 is 10.2 Å². The van der Waals surface area contributed by atoms with Crippen LogP contribution in [0, 0.1) is 63.1 Å². The van der Waals surface area contributed by atoms with Crippen molar-refractivity contribution in [3.05, 3.63) is 0 Å². The minimum Gasteiger partial charge on any atom is -0.393 e. The van der Waals surface area contributed by atoms with Crippen LogP contribution in [0.25, 0.3) is 0 Å². The zero-order valence-corrected chi connectivity index (χ0v) is 23.9. The van der Waals surface area contributed by atoms with Crippen molar-refractivity contribution in [2.75, 3.05) is 0 Å². The molecule has 0 aliphatic heterocycles. The lowest BCUT2D eigenvalue weighted by Crippen LogP contribution is -2.53. The molecule has 0 heterocycles. The second-order valence-electron chi connectivity index (χ2n) is 16.2. The van der Waals surface area contributed by atoms with Gasteiger partial charge in [0.15, 0.2) is 0 Å². The molecule has 0 aromatic heterocycles. The predicted molar refractivity (Wildman–Crippen MR) is 138 cm³/mol. The van der Waals surface area contributed by atoms with Crippen LogP contribution in [0.3, 0.4) is 0 Å². The van der Waals surface area contributed by atoms with E-state index in [1.54, 1.807) is 0 Å². The molecule has 2 nitrogen and oxygen atoms in total. The second-order valence-corrected chi connectivity index (χ2v) is 16.2. The molecule has 32 heavy (non-hydrogen) atoms. The monoisotopic (exact) mass is 450 g/mol. The van der Waals surface area contributed by atoms with Gasteiger partial charge in [0.1, 0.15) is 0 Å². The van der Waals surface area contributed by atoms with Gasteiger partial charge in [-0.15, -0.1) is 0 Å². The highest BCUT2D eigenvalue weighted by Crippen LogP contribution is 2.55. The lowest BCUT2D eigenvalue weighted by atomic mass is 9.52. The Morgan fingerprint density at radius 3 is 1.00 bits per heavy atom. The molecule has 0 saturated heterocycles. The molecule has 2 aliphatic rings. The Hall–Kier alpha value is -0.0800. The van der Waals surface area contributed by atoms with E-state index in [2.05, 4.69) is 90.0 Å². The van der Waals surface area contributed by atoms with E-state index in [0.29, 0.717) is 29.6 Å². The summed E-state index contributed by atoms with van der Waals surface area (Å²) in [5.41, 5.74) is 0.673. The van der Waals surface area contributed by atoms with Gasteiger partial charge in [-0.3, -0.25) is 0 Å². The van der Waals surface area contributed by atoms with E-state index in [1.807, 2.05) is 0 Å². The standard InChI is InChI=1S/C30H58O2/c1-18(21-14-19(27(2,3)4)16-23(25(21)31)29(8,9)10)22-15-20(28(5,6)7)17-24(26(22)32)30(11,12)13/h18-26,31-32H,14-17H2,1-13H3. The van der Waals surface area contributed by atoms with E-state index in [0.717, 1.165) is 25.7 Å². The summed E-state index contributed by atoms with van der Waals surface area (Å²) in [4.78, 5) is 0. The normalized spacial score (nSPS) is 39.1. The molecule has 8 atom stereocenters. The van der Waals surface area contributed by atoms with Gasteiger partial charge in [0, 0.05) is 0 Å². The van der Waals surface area contributed by atoms with E-state index >= 15 is 0 Å². The average Bonchev–Trinajstić information content (AvgIpc) is 2.57. The summed E-state index contributed by atoms with van der Waals surface area (Å²) in [5.74, 6) is 2.69. The molecule has 2 aliphatic carbocycles. The summed E-state index contributed by atoms with van der Waals surface area (Å²) in [7, 11) is 0. The molecule has 2 fully saturated rings. The van der Waals surface area contributed by atoms with Crippen molar-refractivity contribution >= 4 is 0 Å². The molecule has 0 radical (unpaired) electrons. The predicted octanol–water partition coefficient (Wildman–Crippen LogP) is 7.81. The highest BCUT2D eigenvalue weighted by Gasteiger charge is 2.52. The minimum atomic E-state index is -0.279. The van der Waals surface area contributed by atoms with Gasteiger partial charge in [0.05, 0.1) is 12.2 Å². The van der Waals surface area contributed by atoms with Crippen LogP contribution >= 0.6 is 0 Å². The van der Waals surface area contributed by atoms with Crippen LogP contribution in [0.2, 0.25) is 0 Å². The molecule has 190 valence electrons. The average molecular weight is 451 g/mol. The van der Waals surface area contributed by atoms with Crippen molar-refractivity contribution in [2.45, 2.75) is 128 Å². The lowest BCUT2D eigenvalue weighted by molar-refractivity contribution is -0.128. The summed E-state index contributed by atoms with van der Waals surface area (Å²) < 4.78 is 0. The van der Waals surface area contributed by atoms with Crippen LogP contribution in [-0.2, 0) is 0 Å². The van der Waals surface area contributed by atoms with Crippen molar-refractivity contribution in [3.63, 3.8) is 0 Å². The first-order valence-electron chi connectivity index (χ1n) is 13.5. The quantitative estimate of drug-likeness (QED) is 0.450. The zero-order valence-electron chi connectivity index (χ0n) is 23.9. The largest absolute Gasteiger partial charge is 0.393 e. The first-order valence-corrected chi connectivity index (χ1v) is 13.5. The van der Waals surface area contributed by atoms with Gasteiger partial charge >= 0.3 is 0 Å². The van der Waals surface area contributed by atoms with Gasteiger partial charge in [0.2, 0.25) is 0 Å². The Bertz CT molecular complexity index is 555. The molecule has 0 aromatic carbocycles. The Morgan fingerprint density at radius 1 is 0.500 bits per heavy atom. The maximum absolute atomic E-state index is 11.7. The van der Waals surface area contributed by atoms with Crippen molar-refractivity contribution in [1.82, 2.24) is 0 Å². The molecule has 0 bridgehead atoms. The topological polar surface area (TPSA) is 40.5 Å². The Labute approximate surface area is 201 Å². The number of rotatable bonds is 2. The molecule has 2 saturated carbocycles. The fourth-order valence-corrected chi connectivity index (χ4v) is 7.13. The summed E-state index contributed by atoms with van der Waals surface area (Å²) in [6.07, 6.45) is 3.83. The van der Waals surface area contributed by atoms with Crippen LogP contribution in [0.15, 0.2) is 0 Å². The van der Waals surface area contributed by atoms with Crippen LogP contribution in [-0.4, -0.2) is 22.4 Å². The molecule has 0 aromatic rings. The van der Waals surface area contributed by atoms with Crippen LogP contribution in [0.1, 0.15) is 116 Å². The van der Waals surface area contributed by atoms with E-state index in [-0.39, 0.29) is 45.7 Å². The Morgan fingerprint density at radius 2 is 0.781 bits per heavy atom. The maximum atomic E-state index is 11.7. The van der Waals surface area contributed by atoms with E-state index in [4.69, 9.17) is 0 Å². The number of hydrogen-bond donors (Lipinski definition) is 2. The zero-order chi connectivity index (χ0) is 25.0. The van der Waals surface area contributed by atoms with Crippen molar-refractivity contribution in [1.29, 1.82) is 0 Å². The highest BCUT2D eigenvalue weighted by atomic mass is 16.3. The fraction of sp³-hybridized carbons (Fsp3) is 1.00. The third-order valence-corrected chi connectivity index (χ3v) is 9.92. The molecular formula is C30H58O2. The fourth-order valence-electron chi connectivity index (χ4n) is 7.13. The van der Waals surface area contributed by atoms with Crippen molar-refractivity contribution in [3.8, 4) is 0 Å². The molecule has 0 amide bonds. The summed E-state index contributed by atoms with van der Waals surface area (Å²) >= 11 is 0. The molecular weight excluding hydrogens is 392 g/mol. The van der Waals surface area contributed by atoms with Gasteiger partial charge in [-0.1, -0.05) is 90.0 Å². The summed E-state index contributed by atoms with van der Waals surface area (Å²) in [6, 6.07) is 0. The number of aliphatic hydroxyl groups is 2. The first kappa shape index (κ1) is 28.2. The first-order chi connectivity index (χ1) is 14.2.